The highest BCUT2D eigenvalue weighted by Gasteiger charge is 2.38. The van der Waals surface area contributed by atoms with E-state index in [-0.39, 0.29) is 5.54 Å². The molecular formula is C19H38N2. The number of nitrogens with one attached hydrogen (secondary N) is 1. The standard InChI is InChI=1S/C19H38N2/c1-16(2)17-10-9-13-21(17)15-19(11-7-6-8-12-19)14-20-18(3,4)5/h16-17,20H,6-15H2,1-5H3. The second-order valence-corrected chi connectivity index (χ2v) is 9.09. The molecule has 1 N–H and O–H groups in total. The van der Waals surface area contributed by atoms with E-state index in [1.54, 1.807) is 0 Å². The second kappa shape index (κ2) is 7.00. The van der Waals surface area contributed by atoms with Crippen LogP contribution in [0.25, 0.3) is 0 Å². The summed E-state index contributed by atoms with van der Waals surface area (Å²) in [6.45, 7) is 15.6. The minimum atomic E-state index is 0.243. The Labute approximate surface area is 133 Å². The molecule has 0 spiro atoms. The average Bonchev–Trinajstić information content (AvgIpc) is 2.85. The molecule has 2 rings (SSSR count). The maximum absolute atomic E-state index is 3.82. The molecule has 1 aliphatic carbocycles. The van der Waals surface area contributed by atoms with Gasteiger partial charge < -0.3 is 5.32 Å². The molecule has 0 amide bonds. The van der Waals surface area contributed by atoms with Crippen LogP contribution < -0.4 is 5.32 Å². The van der Waals surface area contributed by atoms with Crippen molar-refractivity contribution in [2.45, 2.75) is 91.1 Å². The van der Waals surface area contributed by atoms with Gasteiger partial charge in [-0.05, 0) is 64.3 Å². The third-order valence-electron chi connectivity index (χ3n) is 5.63. The molecule has 0 radical (unpaired) electrons. The molecule has 1 atom stereocenters. The molecule has 0 aromatic heterocycles. The Balaban J connectivity index is 2.01. The first kappa shape index (κ1) is 17.3. The van der Waals surface area contributed by atoms with Crippen LogP contribution in [-0.2, 0) is 0 Å². The summed E-state index contributed by atoms with van der Waals surface area (Å²) in [6, 6.07) is 0.832. The minimum Gasteiger partial charge on any atom is -0.311 e. The van der Waals surface area contributed by atoms with Gasteiger partial charge in [-0.1, -0.05) is 33.1 Å². The molecular weight excluding hydrogens is 256 g/mol. The highest BCUT2D eigenvalue weighted by atomic mass is 15.2. The summed E-state index contributed by atoms with van der Waals surface area (Å²) in [5.74, 6) is 0.809. The van der Waals surface area contributed by atoms with Gasteiger partial charge in [0.1, 0.15) is 0 Å². The maximum Gasteiger partial charge on any atom is 0.0119 e. The van der Waals surface area contributed by atoms with E-state index < -0.39 is 0 Å². The Kier molecular flexibility index (Phi) is 5.76. The predicted molar refractivity (Wildman–Crippen MR) is 92.7 cm³/mol. The van der Waals surface area contributed by atoms with Crippen LogP contribution in [0.5, 0.6) is 0 Å². The molecule has 1 aliphatic heterocycles. The van der Waals surface area contributed by atoms with E-state index in [9.17, 15) is 0 Å². The Morgan fingerprint density at radius 1 is 1.10 bits per heavy atom. The zero-order chi connectivity index (χ0) is 15.5. The van der Waals surface area contributed by atoms with E-state index >= 15 is 0 Å². The summed E-state index contributed by atoms with van der Waals surface area (Å²) in [5, 5.41) is 3.82. The monoisotopic (exact) mass is 294 g/mol. The lowest BCUT2D eigenvalue weighted by molar-refractivity contribution is 0.0763. The summed E-state index contributed by atoms with van der Waals surface area (Å²) in [7, 11) is 0. The Morgan fingerprint density at radius 3 is 2.33 bits per heavy atom. The lowest BCUT2D eigenvalue weighted by Crippen LogP contribution is -2.51. The van der Waals surface area contributed by atoms with E-state index in [1.165, 1.54) is 64.6 Å². The van der Waals surface area contributed by atoms with E-state index in [0.717, 1.165) is 12.0 Å². The Morgan fingerprint density at radius 2 is 1.76 bits per heavy atom. The van der Waals surface area contributed by atoms with Crippen molar-refractivity contribution in [1.82, 2.24) is 10.2 Å². The Hall–Kier alpha value is -0.0800. The SMILES string of the molecule is CC(C)C1CCCN1CC1(CNC(C)(C)C)CCCCC1. The molecule has 124 valence electrons. The summed E-state index contributed by atoms with van der Waals surface area (Å²) in [5.41, 5.74) is 0.774. The van der Waals surface area contributed by atoms with Gasteiger partial charge >= 0.3 is 0 Å². The van der Waals surface area contributed by atoms with Crippen molar-refractivity contribution in [3.63, 3.8) is 0 Å². The molecule has 0 bridgehead atoms. The van der Waals surface area contributed by atoms with Crippen molar-refractivity contribution in [1.29, 1.82) is 0 Å². The van der Waals surface area contributed by atoms with Crippen LogP contribution in [0.4, 0.5) is 0 Å². The normalized spacial score (nSPS) is 27.4. The highest BCUT2D eigenvalue weighted by Crippen LogP contribution is 2.39. The molecule has 1 heterocycles. The molecule has 2 aliphatic rings. The Bertz CT molecular complexity index is 310. The number of likely N-dealkylation sites (tertiary alicyclic amines) is 1. The molecule has 1 unspecified atom stereocenters. The van der Waals surface area contributed by atoms with Gasteiger partial charge in [0, 0.05) is 24.7 Å². The van der Waals surface area contributed by atoms with E-state index in [4.69, 9.17) is 0 Å². The summed E-state index contributed by atoms with van der Waals surface area (Å²) in [4.78, 5) is 2.83. The largest absolute Gasteiger partial charge is 0.311 e. The van der Waals surface area contributed by atoms with Crippen molar-refractivity contribution in [2.75, 3.05) is 19.6 Å². The van der Waals surface area contributed by atoms with Crippen LogP contribution >= 0.6 is 0 Å². The van der Waals surface area contributed by atoms with Gasteiger partial charge in [0.15, 0.2) is 0 Å². The number of rotatable bonds is 5. The van der Waals surface area contributed by atoms with Gasteiger partial charge in [0.2, 0.25) is 0 Å². The first-order valence-electron chi connectivity index (χ1n) is 9.30. The van der Waals surface area contributed by atoms with Gasteiger partial charge in [-0.25, -0.2) is 0 Å². The van der Waals surface area contributed by atoms with Crippen molar-refractivity contribution >= 4 is 0 Å². The van der Waals surface area contributed by atoms with Gasteiger partial charge in [-0.15, -0.1) is 0 Å². The van der Waals surface area contributed by atoms with E-state index in [2.05, 4.69) is 44.8 Å². The zero-order valence-corrected chi connectivity index (χ0v) is 15.2. The van der Waals surface area contributed by atoms with Gasteiger partial charge in [0.25, 0.3) is 0 Å². The van der Waals surface area contributed by atoms with Crippen molar-refractivity contribution < 1.29 is 0 Å². The summed E-state index contributed by atoms with van der Waals surface area (Å²) < 4.78 is 0. The second-order valence-electron chi connectivity index (χ2n) is 9.09. The molecule has 1 saturated heterocycles. The van der Waals surface area contributed by atoms with Gasteiger partial charge in [-0.2, -0.15) is 0 Å². The quantitative estimate of drug-likeness (QED) is 0.806. The molecule has 2 heteroatoms. The predicted octanol–water partition coefficient (Wildman–Crippen LogP) is 4.45. The fraction of sp³-hybridized carbons (Fsp3) is 1.00. The van der Waals surface area contributed by atoms with Crippen LogP contribution in [0.1, 0.15) is 79.6 Å². The van der Waals surface area contributed by atoms with Crippen LogP contribution in [-0.4, -0.2) is 36.1 Å². The first-order chi connectivity index (χ1) is 9.81. The lowest BCUT2D eigenvalue weighted by atomic mass is 9.73. The third-order valence-corrected chi connectivity index (χ3v) is 5.63. The summed E-state index contributed by atoms with van der Waals surface area (Å²) in [6.07, 6.45) is 10.0. The van der Waals surface area contributed by atoms with Gasteiger partial charge in [-0.3, -0.25) is 4.90 Å². The topological polar surface area (TPSA) is 15.3 Å². The molecule has 0 aromatic carbocycles. The highest BCUT2D eigenvalue weighted by molar-refractivity contribution is 4.93. The van der Waals surface area contributed by atoms with Crippen LogP contribution in [0.15, 0.2) is 0 Å². The van der Waals surface area contributed by atoms with Crippen LogP contribution in [0.3, 0.4) is 0 Å². The number of hydrogen-bond acceptors (Lipinski definition) is 2. The molecule has 2 nitrogen and oxygen atoms in total. The zero-order valence-electron chi connectivity index (χ0n) is 15.2. The van der Waals surface area contributed by atoms with Crippen molar-refractivity contribution in [2.24, 2.45) is 11.3 Å². The number of nitrogens with zero attached hydrogens (tertiary/aromatic N) is 1. The van der Waals surface area contributed by atoms with Gasteiger partial charge in [0.05, 0.1) is 0 Å². The minimum absolute atomic E-state index is 0.243. The van der Waals surface area contributed by atoms with Crippen molar-refractivity contribution in [3.05, 3.63) is 0 Å². The average molecular weight is 295 g/mol. The molecule has 21 heavy (non-hydrogen) atoms. The smallest absolute Gasteiger partial charge is 0.0119 e. The van der Waals surface area contributed by atoms with Crippen molar-refractivity contribution in [3.8, 4) is 0 Å². The van der Waals surface area contributed by atoms with Crippen LogP contribution in [0.2, 0.25) is 0 Å². The lowest BCUT2D eigenvalue weighted by Gasteiger charge is -2.44. The fourth-order valence-electron chi connectivity index (χ4n) is 4.38. The van der Waals surface area contributed by atoms with E-state index in [1.807, 2.05) is 0 Å². The van der Waals surface area contributed by atoms with E-state index in [0.29, 0.717) is 5.41 Å². The molecule has 1 saturated carbocycles. The number of hydrogen-bond donors (Lipinski definition) is 1. The fourth-order valence-corrected chi connectivity index (χ4v) is 4.38. The van der Waals surface area contributed by atoms with Crippen LogP contribution in [0, 0.1) is 11.3 Å². The third kappa shape index (κ3) is 4.96. The molecule has 0 aromatic rings. The first-order valence-corrected chi connectivity index (χ1v) is 9.30. The maximum atomic E-state index is 3.82. The summed E-state index contributed by atoms with van der Waals surface area (Å²) >= 11 is 0. The molecule has 2 fully saturated rings.